The van der Waals surface area contributed by atoms with Crippen LogP contribution in [0.15, 0.2) is 52.3 Å². The first kappa shape index (κ1) is 22.9. The highest BCUT2D eigenvalue weighted by Crippen LogP contribution is 2.37. The third kappa shape index (κ3) is 6.14. The minimum Gasteiger partial charge on any atom is -0.406 e. The van der Waals surface area contributed by atoms with Gasteiger partial charge in [0, 0.05) is 17.0 Å². The van der Waals surface area contributed by atoms with E-state index in [0.29, 0.717) is 5.69 Å². The van der Waals surface area contributed by atoms with Gasteiger partial charge >= 0.3 is 6.36 Å². The van der Waals surface area contributed by atoms with Gasteiger partial charge in [0.2, 0.25) is 11.8 Å². The number of hydrogen-bond donors (Lipinski definition) is 2. The third-order valence-corrected chi connectivity index (χ3v) is 7.10. The summed E-state index contributed by atoms with van der Waals surface area (Å²) in [6.45, 7) is 1.74. The Morgan fingerprint density at radius 2 is 1.87 bits per heavy atom. The first-order valence-corrected chi connectivity index (χ1v) is 11.5. The number of carbonyl (C=O) groups excluding carboxylic acids is 2. The summed E-state index contributed by atoms with van der Waals surface area (Å²) in [5.74, 6) is -1.77. The van der Waals surface area contributed by atoms with E-state index in [1.807, 2.05) is 0 Å². The molecule has 0 aromatic heterocycles. The van der Waals surface area contributed by atoms with Crippen LogP contribution in [0.25, 0.3) is 0 Å². The van der Waals surface area contributed by atoms with E-state index in [2.05, 4.69) is 15.4 Å². The van der Waals surface area contributed by atoms with Crippen LogP contribution in [0.3, 0.4) is 0 Å². The van der Waals surface area contributed by atoms with Gasteiger partial charge < -0.3 is 15.4 Å². The summed E-state index contributed by atoms with van der Waals surface area (Å²) in [5, 5.41) is 4.79. The van der Waals surface area contributed by atoms with Crippen LogP contribution >= 0.6 is 11.8 Å². The van der Waals surface area contributed by atoms with Gasteiger partial charge in [-0.25, -0.2) is 8.42 Å². The number of carbonyl (C=O) groups is 2. The number of anilines is 2. The number of benzene rings is 2. The van der Waals surface area contributed by atoms with E-state index in [1.54, 1.807) is 13.0 Å². The highest BCUT2D eigenvalue weighted by Gasteiger charge is 2.31. The maximum absolute atomic E-state index is 12.6. The molecule has 0 spiro atoms. The molecule has 3 rings (SSSR count). The summed E-state index contributed by atoms with van der Waals surface area (Å²) in [6, 6.07) is 8.85. The van der Waals surface area contributed by atoms with Crippen LogP contribution in [0.4, 0.5) is 24.5 Å². The number of hydrogen-bond acceptors (Lipinski definition) is 6. The SMILES string of the molecule is CC1Sc2ccc(S(=O)(=O)CCC(=O)Nc3ccc(OC(F)(F)F)cc3)cc2NC1=O. The lowest BCUT2D eigenvalue weighted by Crippen LogP contribution is -2.26. The Morgan fingerprint density at radius 1 is 1.19 bits per heavy atom. The second-order valence-electron chi connectivity index (χ2n) is 6.60. The highest BCUT2D eigenvalue weighted by molar-refractivity contribution is 8.01. The molecule has 0 saturated heterocycles. The van der Waals surface area contributed by atoms with Gasteiger partial charge in [-0.2, -0.15) is 0 Å². The monoisotopic (exact) mass is 474 g/mol. The van der Waals surface area contributed by atoms with E-state index >= 15 is 0 Å². The summed E-state index contributed by atoms with van der Waals surface area (Å²) in [4.78, 5) is 24.6. The maximum Gasteiger partial charge on any atom is 0.573 e. The maximum atomic E-state index is 12.6. The smallest absolute Gasteiger partial charge is 0.406 e. The summed E-state index contributed by atoms with van der Waals surface area (Å²) in [5.41, 5.74) is 0.597. The van der Waals surface area contributed by atoms with Gasteiger partial charge in [0.1, 0.15) is 5.75 Å². The van der Waals surface area contributed by atoms with Crippen molar-refractivity contribution in [3.05, 3.63) is 42.5 Å². The van der Waals surface area contributed by atoms with Gasteiger partial charge in [0.15, 0.2) is 9.84 Å². The van der Waals surface area contributed by atoms with Crippen LogP contribution in [-0.4, -0.2) is 37.6 Å². The quantitative estimate of drug-likeness (QED) is 0.660. The minimum atomic E-state index is -4.82. The first-order chi connectivity index (χ1) is 14.4. The molecule has 7 nitrogen and oxygen atoms in total. The Labute approximate surface area is 180 Å². The van der Waals surface area contributed by atoms with E-state index < -0.39 is 33.6 Å². The van der Waals surface area contributed by atoms with Crippen molar-refractivity contribution >= 4 is 44.8 Å². The molecular formula is C19H17F3N2O5S2. The van der Waals surface area contributed by atoms with Gasteiger partial charge in [-0.05, 0) is 49.4 Å². The summed E-state index contributed by atoms with van der Waals surface area (Å²) < 4.78 is 65.4. The van der Waals surface area contributed by atoms with Gasteiger partial charge in [0.25, 0.3) is 0 Å². The van der Waals surface area contributed by atoms with Crippen molar-refractivity contribution in [1.29, 1.82) is 0 Å². The molecule has 2 N–H and O–H groups in total. The molecule has 2 aromatic rings. The van der Waals surface area contributed by atoms with Crippen molar-refractivity contribution in [3.63, 3.8) is 0 Å². The lowest BCUT2D eigenvalue weighted by Gasteiger charge is -2.21. The lowest BCUT2D eigenvalue weighted by atomic mass is 10.3. The van der Waals surface area contributed by atoms with Crippen LogP contribution in [0.1, 0.15) is 13.3 Å². The van der Waals surface area contributed by atoms with Gasteiger partial charge in [0.05, 0.1) is 21.6 Å². The minimum absolute atomic E-state index is 0.0249. The van der Waals surface area contributed by atoms with Crippen molar-refractivity contribution in [2.45, 2.75) is 34.7 Å². The molecule has 1 aliphatic rings. The van der Waals surface area contributed by atoms with E-state index in [9.17, 15) is 31.2 Å². The fraction of sp³-hybridized carbons (Fsp3) is 0.263. The molecule has 1 heterocycles. The number of thioether (sulfide) groups is 1. The van der Waals surface area contributed by atoms with Crippen molar-refractivity contribution in [2.75, 3.05) is 16.4 Å². The predicted octanol–water partition coefficient (Wildman–Crippen LogP) is 3.82. The number of nitrogens with one attached hydrogen (secondary N) is 2. The van der Waals surface area contributed by atoms with E-state index in [-0.39, 0.29) is 28.2 Å². The van der Waals surface area contributed by atoms with E-state index in [1.165, 1.54) is 36.0 Å². The molecule has 0 aliphatic carbocycles. The molecule has 12 heteroatoms. The number of halogens is 3. The Balaban J connectivity index is 1.59. The molecule has 1 aliphatic heterocycles. The van der Waals surface area contributed by atoms with Crippen LogP contribution in [0.2, 0.25) is 0 Å². The molecule has 2 aromatic carbocycles. The Bertz CT molecular complexity index is 1100. The number of amides is 2. The molecule has 0 bridgehead atoms. The fourth-order valence-electron chi connectivity index (χ4n) is 2.69. The summed E-state index contributed by atoms with van der Waals surface area (Å²) in [7, 11) is -3.81. The van der Waals surface area contributed by atoms with Crippen LogP contribution < -0.4 is 15.4 Å². The molecular weight excluding hydrogens is 457 g/mol. The highest BCUT2D eigenvalue weighted by atomic mass is 32.2. The van der Waals surface area contributed by atoms with Crippen molar-refractivity contribution in [2.24, 2.45) is 0 Å². The Kier molecular flexibility index (Phi) is 6.51. The molecule has 1 atom stereocenters. The van der Waals surface area contributed by atoms with Crippen molar-refractivity contribution in [3.8, 4) is 5.75 Å². The lowest BCUT2D eigenvalue weighted by molar-refractivity contribution is -0.274. The molecule has 0 radical (unpaired) electrons. The molecule has 0 saturated carbocycles. The molecule has 1 unspecified atom stereocenters. The van der Waals surface area contributed by atoms with Gasteiger partial charge in [-0.15, -0.1) is 24.9 Å². The first-order valence-electron chi connectivity index (χ1n) is 8.93. The van der Waals surface area contributed by atoms with Gasteiger partial charge in [-0.3, -0.25) is 9.59 Å². The Morgan fingerprint density at radius 3 is 2.52 bits per heavy atom. The van der Waals surface area contributed by atoms with Gasteiger partial charge in [-0.1, -0.05) is 0 Å². The third-order valence-electron chi connectivity index (χ3n) is 4.21. The van der Waals surface area contributed by atoms with Crippen LogP contribution in [0, 0.1) is 0 Å². The average Bonchev–Trinajstić information content (AvgIpc) is 2.67. The Hall–Kier alpha value is -2.73. The average molecular weight is 474 g/mol. The molecule has 2 amide bonds. The van der Waals surface area contributed by atoms with Crippen molar-refractivity contribution < 1.29 is 35.9 Å². The zero-order valence-electron chi connectivity index (χ0n) is 16.0. The second-order valence-corrected chi connectivity index (χ2v) is 10.1. The summed E-state index contributed by atoms with van der Waals surface area (Å²) in [6.07, 6.45) is -5.19. The number of rotatable bonds is 6. The van der Waals surface area contributed by atoms with E-state index in [4.69, 9.17) is 0 Å². The normalized spacial score (nSPS) is 16.3. The number of sulfone groups is 1. The molecule has 0 fully saturated rings. The number of alkyl halides is 3. The predicted molar refractivity (Wildman–Crippen MR) is 109 cm³/mol. The van der Waals surface area contributed by atoms with Crippen molar-refractivity contribution in [1.82, 2.24) is 0 Å². The zero-order valence-corrected chi connectivity index (χ0v) is 17.7. The topological polar surface area (TPSA) is 102 Å². The zero-order chi connectivity index (χ0) is 22.8. The summed E-state index contributed by atoms with van der Waals surface area (Å²) >= 11 is 1.32. The number of fused-ring (bicyclic) bond motifs is 1. The standard InChI is InChI=1S/C19H17F3N2O5S2/c1-11-18(26)24-15-10-14(6-7-16(15)30-11)31(27,28)9-8-17(25)23-12-2-4-13(5-3-12)29-19(20,21)22/h2-7,10-11H,8-9H2,1H3,(H,23,25)(H,24,26). The van der Waals surface area contributed by atoms with Crippen LogP contribution in [-0.2, 0) is 19.4 Å². The largest absolute Gasteiger partial charge is 0.573 e. The molecule has 166 valence electrons. The second kappa shape index (κ2) is 8.79. The molecule has 31 heavy (non-hydrogen) atoms. The van der Waals surface area contributed by atoms with E-state index in [0.717, 1.165) is 17.0 Å². The van der Waals surface area contributed by atoms with Crippen LogP contribution in [0.5, 0.6) is 5.75 Å². The number of ether oxygens (including phenoxy) is 1. The fourth-order valence-corrected chi connectivity index (χ4v) is 4.88.